The Balaban J connectivity index is 2.22. The van der Waals surface area contributed by atoms with Crippen LogP contribution in [0.25, 0.3) is 0 Å². The van der Waals surface area contributed by atoms with Crippen LogP contribution in [0.4, 0.5) is 10.5 Å². The van der Waals surface area contributed by atoms with Gasteiger partial charge in [0.15, 0.2) is 5.69 Å². The lowest BCUT2D eigenvalue weighted by atomic mass is 10.1. The lowest BCUT2D eigenvalue weighted by Gasteiger charge is -2.25. The molecule has 1 aromatic heterocycles. The van der Waals surface area contributed by atoms with Crippen LogP contribution in [-0.4, -0.2) is 42.0 Å². The average Bonchev–Trinajstić information content (AvgIpc) is 2.77. The van der Waals surface area contributed by atoms with E-state index in [-0.39, 0.29) is 23.4 Å². The standard InChI is InChI=1S/C26H34N2O6/c1-8-12-21(32-16-19-13-10-9-11-14-19)18(3)33-23-17(2)15-20(22(28-23)24(29)31-7)27-25(30)34-26(4,5)6/h8-11,13-15,18,21H,1,12,16H2,2-7H3,(H,27,30)/t18-,21?/m1/s1. The summed E-state index contributed by atoms with van der Waals surface area (Å²) in [6.07, 6.45) is 0.933. The first-order valence-corrected chi connectivity index (χ1v) is 11.1. The number of aromatic nitrogens is 1. The number of benzene rings is 1. The van der Waals surface area contributed by atoms with Gasteiger partial charge in [0.2, 0.25) is 5.88 Å². The SMILES string of the molecule is C=CCC(OCc1ccccc1)[C@@H](C)Oc1nc(C(=O)OC)c(NC(=O)OC(C)(C)C)cc1C. The molecule has 1 amide bonds. The Bertz CT molecular complexity index is 985. The highest BCUT2D eigenvalue weighted by molar-refractivity contribution is 5.98. The molecule has 0 saturated carbocycles. The summed E-state index contributed by atoms with van der Waals surface area (Å²) in [5.41, 5.74) is 1.04. The molecule has 8 nitrogen and oxygen atoms in total. The van der Waals surface area contributed by atoms with E-state index in [1.807, 2.05) is 37.3 Å². The highest BCUT2D eigenvalue weighted by atomic mass is 16.6. The van der Waals surface area contributed by atoms with E-state index in [1.165, 1.54) is 7.11 Å². The van der Waals surface area contributed by atoms with Gasteiger partial charge in [-0.1, -0.05) is 36.4 Å². The van der Waals surface area contributed by atoms with Crippen LogP contribution in [0.15, 0.2) is 49.1 Å². The summed E-state index contributed by atoms with van der Waals surface area (Å²) >= 11 is 0. The number of esters is 1. The van der Waals surface area contributed by atoms with Crippen molar-refractivity contribution in [2.75, 3.05) is 12.4 Å². The molecule has 0 fully saturated rings. The van der Waals surface area contributed by atoms with Crippen LogP contribution in [0.2, 0.25) is 0 Å². The summed E-state index contributed by atoms with van der Waals surface area (Å²) in [6, 6.07) is 11.4. The second-order valence-electron chi connectivity index (χ2n) is 8.81. The smallest absolute Gasteiger partial charge is 0.412 e. The van der Waals surface area contributed by atoms with Crippen LogP contribution in [0.1, 0.15) is 55.7 Å². The van der Waals surface area contributed by atoms with Gasteiger partial charge in [-0.15, -0.1) is 6.58 Å². The maximum atomic E-state index is 12.4. The largest absolute Gasteiger partial charge is 0.472 e. The number of anilines is 1. The second-order valence-corrected chi connectivity index (χ2v) is 8.81. The molecule has 0 spiro atoms. The molecular formula is C26H34N2O6. The molecule has 2 rings (SSSR count). The quantitative estimate of drug-likeness (QED) is 0.364. The zero-order valence-corrected chi connectivity index (χ0v) is 20.7. The third-order valence-electron chi connectivity index (χ3n) is 4.71. The number of carbonyl (C=O) groups is 2. The van der Waals surface area contributed by atoms with Crippen LogP contribution in [0, 0.1) is 6.92 Å². The maximum Gasteiger partial charge on any atom is 0.412 e. The number of methoxy groups -OCH3 is 1. The molecule has 0 saturated heterocycles. The number of amides is 1. The molecular weight excluding hydrogens is 436 g/mol. The van der Waals surface area contributed by atoms with E-state index in [2.05, 4.69) is 16.9 Å². The van der Waals surface area contributed by atoms with Crippen molar-refractivity contribution in [2.24, 2.45) is 0 Å². The van der Waals surface area contributed by atoms with E-state index in [4.69, 9.17) is 18.9 Å². The van der Waals surface area contributed by atoms with Gasteiger partial charge in [-0.05, 0) is 52.7 Å². The molecule has 0 bridgehead atoms. The van der Waals surface area contributed by atoms with Crippen molar-refractivity contribution >= 4 is 17.7 Å². The van der Waals surface area contributed by atoms with Crippen LogP contribution in [-0.2, 0) is 20.8 Å². The maximum absolute atomic E-state index is 12.4. The van der Waals surface area contributed by atoms with Crippen molar-refractivity contribution in [3.8, 4) is 5.88 Å². The van der Waals surface area contributed by atoms with Gasteiger partial charge >= 0.3 is 12.1 Å². The van der Waals surface area contributed by atoms with Gasteiger partial charge in [-0.3, -0.25) is 5.32 Å². The molecule has 34 heavy (non-hydrogen) atoms. The van der Waals surface area contributed by atoms with Crippen LogP contribution >= 0.6 is 0 Å². The number of nitrogens with one attached hydrogen (secondary N) is 1. The Morgan fingerprint density at radius 3 is 2.47 bits per heavy atom. The summed E-state index contributed by atoms with van der Waals surface area (Å²) in [4.78, 5) is 29.0. The van der Waals surface area contributed by atoms with E-state index < -0.39 is 23.8 Å². The minimum Gasteiger partial charge on any atom is -0.472 e. The summed E-state index contributed by atoms with van der Waals surface area (Å²) in [6.45, 7) is 13.1. The first-order chi connectivity index (χ1) is 16.0. The monoisotopic (exact) mass is 470 g/mol. The van der Waals surface area contributed by atoms with Gasteiger partial charge in [-0.25, -0.2) is 14.6 Å². The topological polar surface area (TPSA) is 96.0 Å². The van der Waals surface area contributed by atoms with Gasteiger partial charge in [-0.2, -0.15) is 0 Å². The van der Waals surface area contributed by atoms with Gasteiger partial charge < -0.3 is 18.9 Å². The van der Waals surface area contributed by atoms with Crippen LogP contribution < -0.4 is 10.1 Å². The molecule has 1 aromatic carbocycles. The zero-order chi connectivity index (χ0) is 25.3. The lowest BCUT2D eigenvalue weighted by molar-refractivity contribution is -0.0273. The lowest BCUT2D eigenvalue weighted by Crippen LogP contribution is -2.32. The Morgan fingerprint density at radius 1 is 1.21 bits per heavy atom. The van der Waals surface area contributed by atoms with Crippen LogP contribution in [0.3, 0.4) is 0 Å². The van der Waals surface area contributed by atoms with Crippen molar-refractivity contribution in [1.82, 2.24) is 4.98 Å². The number of nitrogens with zero attached hydrogens (tertiary/aromatic N) is 1. The Morgan fingerprint density at radius 2 is 1.88 bits per heavy atom. The molecule has 1 heterocycles. The number of hydrogen-bond acceptors (Lipinski definition) is 7. The zero-order valence-electron chi connectivity index (χ0n) is 20.7. The molecule has 0 aliphatic heterocycles. The van der Waals surface area contributed by atoms with E-state index in [0.717, 1.165) is 5.56 Å². The number of pyridine rings is 1. The number of hydrogen-bond donors (Lipinski definition) is 1. The average molecular weight is 471 g/mol. The first kappa shape index (κ1) is 26.9. The van der Waals surface area contributed by atoms with Crippen molar-refractivity contribution in [2.45, 2.75) is 65.5 Å². The molecule has 184 valence electrons. The second kappa shape index (κ2) is 12.2. The number of ether oxygens (including phenoxy) is 4. The molecule has 2 atom stereocenters. The van der Waals surface area contributed by atoms with Gasteiger partial charge in [0.25, 0.3) is 0 Å². The molecule has 1 N–H and O–H groups in total. The van der Waals surface area contributed by atoms with Crippen molar-refractivity contribution in [3.05, 3.63) is 65.9 Å². The van der Waals surface area contributed by atoms with Gasteiger partial charge in [0.05, 0.1) is 25.5 Å². The summed E-state index contributed by atoms with van der Waals surface area (Å²) in [7, 11) is 1.24. The fourth-order valence-electron chi connectivity index (χ4n) is 3.07. The summed E-state index contributed by atoms with van der Waals surface area (Å²) in [5.74, 6) is -0.480. The number of rotatable bonds is 10. The van der Waals surface area contributed by atoms with E-state index >= 15 is 0 Å². The van der Waals surface area contributed by atoms with Crippen molar-refractivity contribution < 1.29 is 28.5 Å². The first-order valence-electron chi connectivity index (χ1n) is 11.1. The molecule has 2 aromatic rings. The fraction of sp³-hybridized carbons (Fsp3) is 0.423. The molecule has 0 aliphatic rings. The minimum absolute atomic E-state index is 0.0911. The van der Waals surface area contributed by atoms with E-state index in [1.54, 1.807) is 39.8 Å². The fourth-order valence-corrected chi connectivity index (χ4v) is 3.07. The predicted molar refractivity (Wildman–Crippen MR) is 130 cm³/mol. The summed E-state index contributed by atoms with van der Waals surface area (Å²) in [5, 5.41) is 2.57. The van der Waals surface area contributed by atoms with E-state index in [0.29, 0.717) is 18.6 Å². The molecule has 0 radical (unpaired) electrons. The van der Waals surface area contributed by atoms with E-state index in [9.17, 15) is 9.59 Å². The molecule has 8 heteroatoms. The number of aryl methyl sites for hydroxylation is 1. The Hall–Kier alpha value is -3.39. The van der Waals surface area contributed by atoms with Crippen LogP contribution in [0.5, 0.6) is 5.88 Å². The van der Waals surface area contributed by atoms with Crippen molar-refractivity contribution in [1.29, 1.82) is 0 Å². The Labute approximate surface area is 201 Å². The normalized spacial score (nSPS) is 12.9. The molecule has 1 unspecified atom stereocenters. The Kier molecular flexibility index (Phi) is 9.62. The van der Waals surface area contributed by atoms with Gasteiger partial charge in [0, 0.05) is 5.56 Å². The number of carbonyl (C=O) groups excluding carboxylic acids is 2. The predicted octanol–water partition coefficient (Wildman–Crippen LogP) is 5.45. The van der Waals surface area contributed by atoms with Gasteiger partial charge in [0.1, 0.15) is 11.7 Å². The third-order valence-corrected chi connectivity index (χ3v) is 4.71. The highest BCUT2D eigenvalue weighted by Crippen LogP contribution is 2.26. The summed E-state index contributed by atoms with van der Waals surface area (Å²) < 4.78 is 22.3. The third kappa shape index (κ3) is 8.19. The highest BCUT2D eigenvalue weighted by Gasteiger charge is 2.25. The minimum atomic E-state index is -0.716. The van der Waals surface area contributed by atoms with Crippen molar-refractivity contribution in [3.63, 3.8) is 0 Å². The molecule has 0 aliphatic carbocycles.